The Morgan fingerprint density at radius 1 is 1.19 bits per heavy atom. The van der Waals surface area contributed by atoms with Gasteiger partial charge in [0.15, 0.2) is 0 Å². The number of hydrogen-bond donors (Lipinski definition) is 2. The molecule has 1 saturated heterocycles. The first kappa shape index (κ1) is 14.1. The zero-order chi connectivity index (χ0) is 14.7. The van der Waals surface area contributed by atoms with Crippen LogP contribution >= 0.6 is 0 Å². The van der Waals surface area contributed by atoms with Crippen LogP contribution in [-0.4, -0.2) is 42.9 Å². The average molecular weight is 287 g/mol. The van der Waals surface area contributed by atoms with Gasteiger partial charge in [-0.3, -0.25) is 9.59 Å². The highest BCUT2D eigenvalue weighted by Crippen LogP contribution is 2.29. The minimum absolute atomic E-state index is 0.0330. The van der Waals surface area contributed by atoms with Crippen LogP contribution in [0.2, 0.25) is 0 Å². The van der Waals surface area contributed by atoms with E-state index in [1.165, 1.54) is 5.56 Å². The first-order chi connectivity index (χ1) is 10.3. The monoisotopic (exact) mass is 287 g/mol. The van der Waals surface area contributed by atoms with Crippen molar-refractivity contribution >= 4 is 11.8 Å². The number of benzene rings is 1. The SMILES string of the molecule is O=C(NC1CCCc2ccccc21)C(=O)N1CCNCC1. The minimum atomic E-state index is -0.474. The normalized spacial score (nSPS) is 21.5. The number of nitrogens with one attached hydrogen (secondary N) is 2. The van der Waals surface area contributed by atoms with E-state index < -0.39 is 11.8 Å². The third-order valence-corrected chi connectivity index (χ3v) is 4.27. The van der Waals surface area contributed by atoms with Gasteiger partial charge in [0.2, 0.25) is 0 Å². The van der Waals surface area contributed by atoms with E-state index in [0.29, 0.717) is 13.1 Å². The second-order valence-electron chi connectivity index (χ2n) is 5.66. The van der Waals surface area contributed by atoms with E-state index in [4.69, 9.17) is 0 Å². The van der Waals surface area contributed by atoms with Crippen molar-refractivity contribution in [3.05, 3.63) is 35.4 Å². The van der Waals surface area contributed by atoms with Crippen LogP contribution in [0.25, 0.3) is 0 Å². The van der Waals surface area contributed by atoms with E-state index in [-0.39, 0.29) is 6.04 Å². The van der Waals surface area contributed by atoms with Gasteiger partial charge in [0.25, 0.3) is 0 Å². The Hall–Kier alpha value is -1.88. The molecule has 2 N–H and O–H groups in total. The number of carbonyl (C=O) groups excluding carboxylic acids is 2. The maximum atomic E-state index is 12.2. The van der Waals surface area contributed by atoms with Gasteiger partial charge in [0, 0.05) is 26.2 Å². The van der Waals surface area contributed by atoms with Crippen LogP contribution in [0.5, 0.6) is 0 Å². The standard InChI is InChI=1S/C16H21N3O2/c20-15(16(21)19-10-8-17-9-11-19)18-14-7-3-5-12-4-1-2-6-13(12)14/h1-2,4,6,14,17H,3,5,7-11H2,(H,18,20). The van der Waals surface area contributed by atoms with Gasteiger partial charge in [-0.15, -0.1) is 0 Å². The molecule has 2 aliphatic rings. The Labute approximate surface area is 124 Å². The Kier molecular flexibility index (Phi) is 4.20. The maximum Gasteiger partial charge on any atom is 0.311 e. The smallest absolute Gasteiger partial charge is 0.311 e. The summed E-state index contributed by atoms with van der Waals surface area (Å²) in [6.45, 7) is 2.72. The third-order valence-electron chi connectivity index (χ3n) is 4.27. The highest BCUT2D eigenvalue weighted by molar-refractivity contribution is 6.35. The van der Waals surface area contributed by atoms with Crippen LogP contribution in [0, 0.1) is 0 Å². The summed E-state index contributed by atoms with van der Waals surface area (Å²) in [5.74, 6) is -0.877. The molecule has 0 spiro atoms. The first-order valence-electron chi connectivity index (χ1n) is 7.64. The Balaban J connectivity index is 1.66. The second kappa shape index (κ2) is 6.26. The van der Waals surface area contributed by atoms with Gasteiger partial charge in [-0.05, 0) is 30.4 Å². The van der Waals surface area contributed by atoms with Crippen molar-refractivity contribution in [3.8, 4) is 0 Å². The Bertz CT molecular complexity index is 538. The fourth-order valence-electron chi connectivity index (χ4n) is 3.14. The Morgan fingerprint density at radius 3 is 2.76 bits per heavy atom. The summed E-state index contributed by atoms with van der Waals surface area (Å²) in [6.07, 6.45) is 3.00. The summed E-state index contributed by atoms with van der Waals surface area (Å²) in [4.78, 5) is 26.0. The van der Waals surface area contributed by atoms with Crippen LogP contribution in [-0.2, 0) is 16.0 Å². The zero-order valence-electron chi connectivity index (χ0n) is 12.1. The zero-order valence-corrected chi connectivity index (χ0v) is 12.1. The van der Waals surface area contributed by atoms with Crippen molar-refractivity contribution in [3.63, 3.8) is 0 Å². The molecule has 1 fully saturated rings. The lowest BCUT2D eigenvalue weighted by Crippen LogP contribution is -2.51. The van der Waals surface area contributed by atoms with Crippen molar-refractivity contribution in [2.45, 2.75) is 25.3 Å². The van der Waals surface area contributed by atoms with Crippen molar-refractivity contribution in [2.75, 3.05) is 26.2 Å². The lowest BCUT2D eigenvalue weighted by molar-refractivity contribution is -0.146. The largest absolute Gasteiger partial charge is 0.341 e. The molecule has 1 heterocycles. The molecule has 0 bridgehead atoms. The van der Waals surface area contributed by atoms with Gasteiger partial charge in [-0.2, -0.15) is 0 Å². The number of aryl methyl sites for hydroxylation is 1. The summed E-state index contributed by atoms with van der Waals surface area (Å²) >= 11 is 0. The Morgan fingerprint density at radius 2 is 1.95 bits per heavy atom. The number of piperazine rings is 1. The number of fused-ring (bicyclic) bond motifs is 1. The van der Waals surface area contributed by atoms with E-state index in [9.17, 15) is 9.59 Å². The van der Waals surface area contributed by atoms with Crippen LogP contribution in [0.3, 0.4) is 0 Å². The highest BCUT2D eigenvalue weighted by atomic mass is 16.2. The molecule has 0 radical (unpaired) electrons. The van der Waals surface area contributed by atoms with Crippen molar-refractivity contribution in [1.82, 2.24) is 15.5 Å². The predicted octanol–water partition coefficient (Wildman–Crippen LogP) is 0.612. The molecule has 2 amide bonds. The molecule has 1 aromatic rings. The van der Waals surface area contributed by atoms with Gasteiger partial charge in [0.1, 0.15) is 0 Å². The van der Waals surface area contributed by atoms with E-state index in [1.807, 2.05) is 12.1 Å². The minimum Gasteiger partial charge on any atom is -0.341 e. The molecule has 21 heavy (non-hydrogen) atoms. The number of rotatable bonds is 1. The molecule has 112 valence electrons. The van der Waals surface area contributed by atoms with Gasteiger partial charge in [-0.25, -0.2) is 0 Å². The molecule has 3 rings (SSSR count). The van der Waals surface area contributed by atoms with Crippen molar-refractivity contribution in [2.24, 2.45) is 0 Å². The molecule has 1 atom stereocenters. The lowest BCUT2D eigenvalue weighted by atomic mass is 9.88. The van der Waals surface area contributed by atoms with Gasteiger partial charge in [-0.1, -0.05) is 24.3 Å². The summed E-state index contributed by atoms with van der Waals surface area (Å²) in [7, 11) is 0. The van der Waals surface area contributed by atoms with Crippen LogP contribution < -0.4 is 10.6 Å². The quantitative estimate of drug-likeness (QED) is 0.744. The molecule has 0 saturated carbocycles. The van der Waals surface area contributed by atoms with Crippen LogP contribution in [0.15, 0.2) is 24.3 Å². The summed E-state index contributed by atoms with van der Waals surface area (Å²) in [5, 5.41) is 6.10. The average Bonchev–Trinajstić information content (AvgIpc) is 2.55. The molecule has 1 aromatic carbocycles. The summed E-state index contributed by atoms with van der Waals surface area (Å²) in [6, 6.07) is 8.13. The molecular weight excluding hydrogens is 266 g/mol. The van der Waals surface area contributed by atoms with E-state index in [1.54, 1.807) is 4.90 Å². The fourth-order valence-corrected chi connectivity index (χ4v) is 3.14. The van der Waals surface area contributed by atoms with Gasteiger partial charge >= 0.3 is 11.8 Å². The van der Waals surface area contributed by atoms with E-state index in [2.05, 4.69) is 22.8 Å². The number of nitrogens with zero attached hydrogens (tertiary/aromatic N) is 1. The second-order valence-corrected chi connectivity index (χ2v) is 5.66. The molecule has 5 heteroatoms. The van der Waals surface area contributed by atoms with Crippen molar-refractivity contribution in [1.29, 1.82) is 0 Å². The fraction of sp³-hybridized carbons (Fsp3) is 0.500. The number of hydrogen-bond acceptors (Lipinski definition) is 3. The molecule has 1 unspecified atom stereocenters. The highest BCUT2D eigenvalue weighted by Gasteiger charge is 2.27. The number of carbonyl (C=O) groups is 2. The van der Waals surface area contributed by atoms with Crippen LogP contribution in [0.1, 0.15) is 30.0 Å². The molecular formula is C16H21N3O2. The molecule has 5 nitrogen and oxygen atoms in total. The molecule has 1 aliphatic carbocycles. The van der Waals surface area contributed by atoms with Gasteiger partial charge in [0.05, 0.1) is 6.04 Å². The van der Waals surface area contributed by atoms with E-state index >= 15 is 0 Å². The summed E-state index contributed by atoms with van der Waals surface area (Å²) in [5.41, 5.74) is 2.44. The molecule has 0 aromatic heterocycles. The van der Waals surface area contributed by atoms with Crippen LogP contribution in [0.4, 0.5) is 0 Å². The van der Waals surface area contributed by atoms with E-state index in [0.717, 1.165) is 37.9 Å². The topological polar surface area (TPSA) is 61.4 Å². The maximum absolute atomic E-state index is 12.2. The van der Waals surface area contributed by atoms with Crippen molar-refractivity contribution < 1.29 is 9.59 Å². The number of amides is 2. The first-order valence-corrected chi connectivity index (χ1v) is 7.64. The summed E-state index contributed by atoms with van der Waals surface area (Å²) < 4.78 is 0. The molecule has 1 aliphatic heterocycles. The predicted molar refractivity (Wildman–Crippen MR) is 79.7 cm³/mol. The van der Waals surface area contributed by atoms with Gasteiger partial charge < -0.3 is 15.5 Å². The third kappa shape index (κ3) is 3.08. The lowest BCUT2D eigenvalue weighted by Gasteiger charge is -2.29.